The summed E-state index contributed by atoms with van der Waals surface area (Å²) in [7, 11) is 1.89. The first-order chi connectivity index (χ1) is 9.33. The minimum Gasteiger partial charge on any atom is -0.352 e. The molecule has 0 fully saturated rings. The highest BCUT2D eigenvalue weighted by Crippen LogP contribution is 2.20. The summed E-state index contributed by atoms with van der Waals surface area (Å²) in [4.78, 5) is 12.1. The van der Waals surface area contributed by atoms with E-state index in [1.54, 1.807) is 6.20 Å². The fraction of sp³-hybridized carbons (Fsp3) is 0.286. The first-order valence-corrected chi connectivity index (χ1v) is 6.34. The van der Waals surface area contributed by atoms with Crippen molar-refractivity contribution in [3.05, 3.63) is 42.1 Å². The van der Waals surface area contributed by atoms with Crippen LogP contribution < -0.4 is 10.6 Å². The molecule has 0 bridgehead atoms. The molecule has 0 saturated heterocycles. The van der Waals surface area contributed by atoms with E-state index in [2.05, 4.69) is 20.8 Å². The van der Waals surface area contributed by atoms with Gasteiger partial charge in [-0.1, -0.05) is 30.3 Å². The van der Waals surface area contributed by atoms with Gasteiger partial charge in [-0.05, 0) is 20.0 Å². The normalized spacial score (nSPS) is 10.4. The number of amides is 1. The quantitative estimate of drug-likeness (QED) is 0.686. The van der Waals surface area contributed by atoms with Crippen molar-refractivity contribution in [3.63, 3.8) is 0 Å². The topological polar surface area (TPSA) is 69.8 Å². The van der Waals surface area contributed by atoms with Crippen molar-refractivity contribution in [1.82, 2.24) is 20.8 Å². The predicted molar refractivity (Wildman–Crippen MR) is 74.9 cm³/mol. The van der Waals surface area contributed by atoms with Crippen LogP contribution in [0.15, 0.2) is 36.5 Å². The highest BCUT2D eigenvalue weighted by Gasteiger charge is 2.14. The lowest BCUT2D eigenvalue weighted by Crippen LogP contribution is -2.26. The SMILES string of the molecule is CNCCCNC(=O)c1cn[nH]c1-c1ccccc1. The van der Waals surface area contributed by atoms with E-state index in [1.807, 2.05) is 37.4 Å². The summed E-state index contributed by atoms with van der Waals surface area (Å²) >= 11 is 0. The smallest absolute Gasteiger partial charge is 0.255 e. The molecule has 1 heterocycles. The van der Waals surface area contributed by atoms with E-state index in [0.717, 1.165) is 24.2 Å². The fourth-order valence-electron chi connectivity index (χ4n) is 1.85. The molecular weight excluding hydrogens is 240 g/mol. The minimum absolute atomic E-state index is 0.0938. The first kappa shape index (κ1) is 13.3. The molecule has 0 aliphatic rings. The fourth-order valence-corrected chi connectivity index (χ4v) is 1.85. The number of H-pyrrole nitrogens is 1. The Hall–Kier alpha value is -2.14. The van der Waals surface area contributed by atoms with E-state index in [4.69, 9.17) is 0 Å². The van der Waals surface area contributed by atoms with Crippen LogP contribution in [-0.2, 0) is 0 Å². The summed E-state index contributed by atoms with van der Waals surface area (Å²) in [5.41, 5.74) is 2.29. The molecule has 100 valence electrons. The van der Waals surface area contributed by atoms with Gasteiger partial charge < -0.3 is 10.6 Å². The highest BCUT2D eigenvalue weighted by molar-refractivity contribution is 5.99. The van der Waals surface area contributed by atoms with E-state index < -0.39 is 0 Å². The number of benzene rings is 1. The van der Waals surface area contributed by atoms with Gasteiger partial charge in [0, 0.05) is 12.1 Å². The molecule has 3 N–H and O–H groups in total. The Labute approximate surface area is 112 Å². The Morgan fingerprint density at radius 2 is 2.05 bits per heavy atom. The van der Waals surface area contributed by atoms with Crippen LogP contribution in [0.5, 0.6) is 0 Å². The summed E-state index contributed by atoms with van der Waals surface area (Å²) in [6.45, 7) is 1.54. The Morgan fingerprint density at radius 3 is 2.79 bits per heavy atom. The van der Waals surface area contributed by atoms with Gasteiger partial charge in [-0.15, -0.1) is 0 Å². The Kier molecular flexibility index (Phi) is 4.69. The van der Waals surface area contributed by atoms with Crippen molar-refractivity contribution < 1.29 is 4.79 Å². The number of nitrogens with one attached hydrogen (secondary N) is 3. The first-order valence-electron chi connectivity index (χ1n) is 6.34. The molecule has 0 spiro atoms. The van der Waals surface area contributed by atoms with Gasteiger partial charge in [0.05, 0.1) is 17.5 Å². The van der Waals surface area contributed by atoms with E-state index in [9.17, 15) is 4.79 Å². The number of hydrogen-bond donors (Lipinski definition) is 3. The molecule has 5 nitrogen and oxygen atoms in total. The predicted octanol–water partition coefficient (Wildman–Crippen LogP) is 1.42. The molecule has 0 unspecified atom stereocenters. The summed E-state index contributed by atoms with van der Waals surface area (Å²) in [5, 5.41) is 12.8. The highest BCUT2D eigenvalue weighted by atomic mass is 16.1. The standard InChI is InChI=1S/C14H18N4O/c1-15-8-5-9-16-14(19)12-10-17-18-13(12)11-6-3-2-4-7-11/h2-4,6-7,10,15H,5,8-9H2,1H3,(H,16,19)(H,17,18). The lowest BCUT2D eigenvalue weighted by Gasteiger charge is -2.05. The number of hydrogen-bond acceptors (Lipinski definition) is 3. The van der Waals surface area contributed by atoms with Gasteiger partial charge in [-0.25, -0.2) is 0 Å². The van der Waals surface area contributed by atoms with Crippen molar-refractivity contribution in [2.75, 3.05) is 20.1 Å². The average molecular weight is 258 g/mol. The maximum Gasteiger partial charge on any atom is 0.255 e. The van der Waals surface area contributed by atoms with Gasteiger partial charge >= 0.3 is 0 Å². The molecule has 0 saturated carbocycles. The van der Waals surface area contributed by atoms with Crippen LogP contribution in [0.1, 0.15) is 16.8 Å². The number of carbonyl (C=O) groups is 1. The minimum atomic E-state index is -0.0938. The maximum atomic E-state index is 12.1. The lowest BCUT2D eigenvalue weighted by molar-refractivity contribution is 0.0954. The van der Waals surface area contributed by atoms with Crippen molar-refractivity contribution >= 4 is 5.91 Å². The molecule has 2 rings (SSSR count). The molecular formula is C14H18N4O. The van der Waals surface area contributed by atoms with Crippen molar-refractivity contribution in [2.45, 2.75) is 6.42 Å². The summed E-state index contributed by atoms with van der Waals surface area (Å²) in [5.74, 6) is -0.0938. The lowest BCUT2D eigenvalue weighted by atomic mass is 10.1. The van der Waals surface area contributed by atoms with Crippen LogP contribution in [0.2, 0.25) is 0 Å². The number of carbonyl (C=O) groups excluding carboxylic acids is 1. The molecule has 1 aromatic carbocycles. The molecule has 0 radical (unpaired) electrons. The number of aromatic nitrogens is 2. The van der Waals surface area contributed by atoms with Crippen LogP contribution >= 0.6 is 0 Å². The molecule has 5 heteroatoms. The second kappa shape index (κ2) is 6.70. The third kappa shape index (κ3) is 3.42. The van der Waals surface area contributed by atoms with Crippen molar-refractivity contribution in [2.24, 2.45) is 0 Å². The summed E-state index contributed by atoms with van der Waals surface area (Å²) in [6.07, 6.45) is 2.47. The number of aromatic amines is 1. The summed E-state index contributed by atoms with van der Waals surface area (Å²) < 4.78 is 0. The molecule has 0 aliphatic carbocycles. The Morgan fingerprint density at radius 1 is 1.26 bits per heavy atom. The largest absolute Gasteiger partial charge is 0.352 e. The van der Waals surface area contributed by atoms with Gasteiger partial charge in [-0.2, -0.15) is 5.10 Å². The van der Waals surface area contributed by atoms with E-state index >= 15 is 0 Å². The molecule has 1 amide bonds. The van der Waals surface area contributed by atoms with Gasteiger partial charge in [0.2, 0.25) is 0 Å². The monoisotopic (exact) mass is 258 g/mol. The van der Waals surface area contributed by atoms with Gasteiger partial charge in [0.15, 0.2) is 0 Å². The van der Waals surface area contributed by atoms with Crippen LogP contribution in [0.4, 0.5) is 0 Å². The molecule has 1 aromatic heterocycles. The number of rotatable bonds is 6. The Balaban J connectivity index is 2.05. The Bertz CT molecular complexity index is 521. The van der Waals surface area contributed by atoms with E-state index in [0.29, 0.717) is 12.1 Å². The van der Waals surface area contributed by atoms with E-state index in [1.165, 1.54) is 0 Å². The van der Waals surface area contributed by atoms with Crippen LogP contribution in [0.3, 0.4) is 0 Å². The zero-order valence-corrected chi connectivity index (χ0v) is 10.9. The molecule has 19 heavy (non-hydrogen) atoms. The average Bonchev–Trinajstić information content (AvgIpc) is 2.94. The van der Waals surface area contributed by atoms with Gasteiger partial charge in [0.25, 0.3) is 5.91 Å². The third-order valence-corrected chi connectivity index (χ3v) is 2.84. The van der Waals surface area contributed by atoms with Gasteiger partial charge in [-0.3, -0.25) is 9.89 Å². The van der Waals surface area contributed by atoms with Crippen molar-refractivity contribution in [1.29, 1.82) is 0 Å². The number of nitrogens with zero attached hydrogens (tertiary/aromatic N) is 1. The summed E-state index contributed by atoms with van der Waals surface area (Å²) in [6, 6.07) is 9.71. The molecule has 2 aromatic rings. The molecule has 0 atom stereocenters. The zero-order valence-electron chi connectivity index (χ0n) is 10.9. The zero-order chi connectivity index (χ0) is 13.5. The maximum absolute atomic E-state index is 12.1. The van der Waals surface area contributed by atoms with Crippen molar-refractivity contribution in [3.8, 4) is 11.3 Å². The third-order valence-electron chi connectivity index (χ3n) is 2.84. The van der Waals surface area contributed by atoms with E-state index in [-0.39, 0.29) is 5.91 Å². The van der Waals surface area contributed by atoms with Crippen LogP contribution in [-0.4, -0.2) is 36.2 Å². The van der Waals surface area contributed by atoms with Crippen LogP contribution in [0.25, 0.3) is 11.3 Å². The van der Waals surface area contributed by atoms with Gasteiger partial charge in [0.1, 0.15) is 0 Å². The second-order valence-corrected chi connectivity index (χ2v) is 4.24. The van der Waals surface area contributed by atoms with Crippen LogP contribution in [0, 0.1) is 0 Å². The molecule has 0 aliphatic heterocycles. The second-order valence-electron chi connectivity index (χ2n) is 4.24.